The van der Waals surface area contributed by atoms with E-state index >= 15 is 0 Å². The molecule has 4 nitrogen and oxygen atoms in total. The van der Waals surface area contributed by atoms with E-state index in [0.29, 0.717) is 11.3 Å². The number of nitro groups is 1. The van der Waals surface area contributed by atoms with Gasteiger partial charge >= 0.3 is 0 Å². The Balaban J connectivity index is 0.00000102. The van der Waals surface area contributed by atoms with Crippen molar-refractivity contribution in [2.45, 2.75) is 41.2 Å². The van der Waals surface area contributed by atoms with Gasteiger partial charge in [-0.3, -0.25) is 10.1 Å². The highest BCUT2D eigenvalue weighted by atomic mass is 16.6. The molecule has 0 aliphatic rings. The lowest BCUT2D eigenvalue weighted by molar-refractivity contribution is -0.385. The van der Waals surface area contributed by atoms with Crippen LogP contribution in [0.3, 0.4) is 0 Å². The van der Waals surface area contributed by atoms with Gasteiger partial charge in [0.25, 0.3) is 5.69 Å². The SMILES string of the molecule is CC.CC.Cc1ccc(OCc2ccccc2[N+](=O)[O-])cc1. The van der Waals surface area contributed by atoms with Gasteiger partial charge in [0.05, 0.1) is 10.5 Å². The van der Waals surface area contributed by atoms with Crippen molar-refractivity contribution in [3.63, 3.8) is 0 Å². The van der Waals surface area contributed by atoms with Crippen LogP contribution < -0.4 is 4.74 Å². The van der Waals surface area contributed by atoms with Crippen LogP contribution in [-0.2, 0) is 6.61 Å². The Morgan fingerprint density at radius 2 is 1.50 bits per heavy atom. The van der Waals surface area contributed by atoms with Gasteiger partial charge in [-0.1, -0.05) is 57.5 Å². The third kappa shape index (κ3) is 6.39. The predicted octanol–water partition coefficient (Wildman–Crippen LogP) is 5.53. The number of benzene rings is 2. The molecule has 0 spiro atoms. The quantitative estimate of drug-likeness (QED) is 0.551. The predicted molar refractivity (Wildman–Crippen MR) is 91.3 cm³/mol. The topological polar surface area (TPSA) is 52.4 Å². The highest BCUT2D eigenvalue weighted by molar-refractivity contribution is 5.39. The first-order chi connectivity index (χ1) is 10.7. The van der Waals surface area contributed by atoms with Gasteiger partial charge in [0, 0.05) is 6.07 Å². The normalized spacial score (nSPS) is 8.77. The first-order valence-electron chi connectivity index (χ1n) is 7.58. The molecule has 0 N–H and O–H groups in total. The Morgan fingerprint density at radius 3 is 2.05 bits per heavy atom. The number of aryl methyl sites for hydroxylation is 1. The molecular weight excluding hydrogens is 278 g/mol. The molecule has 0 radical (unpaired) electrons. The molecule has 4 heteroatoms. The minimum absolute atomic E-state index is 0.0876. The van der Waals surface area contributed by atoms with Crippen molar-refractivity contribution in [2.24, 2.45) is 0 Å². The minimum atomic E-state index is -0.395. The second-order valence-electron chi connectivity index (χ2n) is 3.99. The summed E-state index contributed by atoms with van der Waals surface area (Å²) in [5.74, 6) is 0.707. The Labute approximate surface area is 132 Å². The van der Waals surface area contributed by atoms with Crippen molar-refractivity contribution in [3.05, 3.63) is 69.8 Å². The first-order valence-corrected chi connectivity index (χ1v) is 7.58. The highest BCUT2D eigenvalue weighted by Gasteiger charge is 2.12. The maximum Gasteiger partial charge on any atom is 0.276 e. The van der Waals surface area contributed by atoms with E-state index in [1.807, 2.05) is 58.9 Å². The fourth-order valence-corrected chi connectivity index (χ4v) is 1.61. The van der Waals surface area contributed by atoms with E-state index in [-0.39, 0.29) is 12.3 Å². The number of nitro benzene ring substituents is 1. The molecule has 0 atom stereocenters. The van der Waals surface area contributed by atoms with E-state index in [2.05, 4.69) is 0 Å². The lowest BCUT2D eigenvalue weighted by Gasteiger charge is -2.06. The van der Waals surface area contributed by atoms with Gasteiger partial charge in [0.2, 0.25) is 0 Å². The summed E-state index contributed by atoms with van der Waals surface area (Å²) in [7, 11) is 0. The molecule has 2 aromatic rings. The number of hydrogen-bond acceptors (Lipinski definition) is 3. The number of para-hydroxylation sites is 1. The number of rotatable bonds is 4. The van der Waals surface area contributed by atoms with Crippen molar-refractivity contribution in [3.8, 4) is 5.75 Å². The molecule has 0 aliphatic heterocycles. The molecule has 0 heterocycles. The first kappa shape index (κ1) is 19.6. The minimum Gasteiger partial charge on any atom is -0.489 e. The molecule has 22 heavy (non-hydrogen) atoms. The molecule has 0 amide bonds. The van der Waals surface area contributed by atoms with Crippen molar-refractivity contribution in [1.29, 1.82) is 0 Å². The van der Waals surface area contributed by atoms with Gasteiger partial charge in [-0.25, -0.2) is 0 Å². The average Bonchev–Trinajstić information content (AvgIpc) is 2.58. The zero-order valence-electron chi connectivity index (χ0n) is 14.0. The summed E-state index contributed by atoms with van der Waals surface area (Å²) < 4.78 is 5.53. The average molecular weight is 303 g/mol. The van der Waals surface area contributed by atoms with Crippen LogP contribution in [-0.4, -0.2) is 4.92 Å². The second kappa shape index (κ2) is 11.3. The van der Waals surface area contributed by atoms with E-state index in [1.54, 1.807) is 18.2 Å². The molecule has 0 bridgehead atoms. The van der Waals surface area contributed by atoms with E-state index in [1.165, 1.54) is 6.07 Å². The second-order valence-corrected chi connectivity index (χ2v) is 3.99. The molecular formula is C18H25NO3. The standard InChI is InChI=1S/C14H13NO3.2C2H6/c1-11-6-8-13(9-7-11)18-10-12-4-2-3-5-14(12)15(16)17;2*1-2/h2-9H,10H2,1H3;2*1-2H3. The third-order valence-corrected chi connectivity index (χ3v) is 2.60. The van der Waals surface area contributed by atoms with Gasteiger partial charge < -0.3 is 4.74 Å². The lowest BCUT2D eigenvalue weighted by Crippen LogP contribution is -2.00. The molecule has 0 aliphatic carbocycles. The monoisotopic (exact) mass is 303 g/mol. The van der Waals surface area contributed by atoms with Crippen LogP contribution >= 0.6 is 0 Å². The lowest BCUT2D eigenvalue weighted by atomic mass is 10.2. The van der Waals surface area contributed by atoms with Crippen LogP contribution in [0.4, 0.5) is 5.69 Å². The number of nitrogens with zero attached hydrogens (tertiary/aromatic N) is 1. The number of ether oxygens (including phenoxy) is 1. The summed E-state index contributed by atoms with van der Waals surface area (Å²) >= 11 is 0. The Hall–Kier alpha value is -2.36. The Kier molecular flexibility index (Phi) is 10.1. The zero-order valence-corrected chi connectivity index (χ0v) is 14.0. The third-order valence-electron chi connectivity index (χ3n) is 2.60. The molecule has 0 saturated heterocycles. The zero-order chi connectivity index (χ0) is 17.0. The largest absolute Gasteiger partial charge is 0.489 e. The van der Waals surface area contributed by atoms with E-state index < -0.39 is 4.92 Å². The van der Waals surface area contributed by atoms with Crippen LogP contribution in [0.1, 0.15) is 38.8 Å². The summed E-state index contributed by atoms with van der Waals surface area (Å²) in [4.78, 5) is 10.4. The Morgan fingerprint density at radius 1 is 0.955 bits per heavy atom. The summed E-state index contributed by atoms with van der Waals surface area (Å²) in [5, 5.41) is 10.8. The van der Waals surface area contributed by atoms with Crippen molar-refractivity contribution in [1.82, 2.24) is 0 Å². The van der Waals surface area contributed by atoms with Gasteiger partial charge in [-0.05, 0) is 25.1 Å². The smallest absolute Gasteiger partial charge is 0.276 e. The maximum atomic E-state index is 10.8. The molecule has 0 saturated carbocycles. The van der Waals surface area contributed by atoms with Gasteiger partial charge in [0.1, 0.15) is 12.4 Å². The van der Waals surface area contributed by atoms with Gasteiger partial charge in [0.15, 0.2) is 0 Å². The van der Waals surface area contributed by atoms with Crippen LogP contribution in [0.2, 0.25) is 0 Å². The molecule has 2 rings (SSSR count). The van der Waals surface area contributed by atoms with Crippen LogP contribution in [0.25, 0.3) is 0 Å². The van der Waals surface area contributed by atoms with Crippen molar-refractivity contribution < 1.29 is 9.66 Å². The summed E-state index contributed by atoms with van der Waals surface area (Å²) in [6.45, 7) is 10.2. The van der Waals surface area contributed by atoms with Crippen molar-refractivity contribution >= 4 is 5.69 Å². The van der Waals surface area contributed by atoms with Crippen LogP contribution in [0, 0.1) is 17.0 Å². The van der Waals surface area contributed by atoms with E-state index in [9.17, 15) is 10.1 Å². The summed E-state index contributed by atoms with van der Waals surface area (Å²) in [6, 6.07) is 14.2. The Bertz CT molecular complexity index is 551. The molecule has 0 aromatic heterocycles. The van der Waals surface area contributed by atoms with E-state index in [0.717, 1.165) is 5.56 Å². The fourth-order valence-electron chi connectivity index (χ4n) is 1.61. The number of hydrogen-bond donors (Lipinski definition) is 0. The highest BCUT2D eigenvalue weighted by Crippen LogP contribution is 2.20. The summed E-state index contributed by atoms with van der Waals surface area (Å²) in [6.07, 6.45) is 0. The van der Waals surface area contributed by atoms with Gasteiger partial charge in [-0.2, -0.15) is 0 Å². The van der Waals surface area contributed by atoms with Gasteiger partial charge in [-0.15, -0.1) is 0 Å². The van der Waals surface area contributed by atoms with Crippen LogP contribution in [0.15, 0.2) is 48.5 Å². The van der Waals surface area contributed by atoms with E-state index in [4.69, 9.17) is 4.74 Å². The molecule has 120 valence electrons. The molecule has 0 fully saturated rings. The molecule has 0 unspecified atom stereocenters. The molecule has 2 aromatic carbocycles. The van der Waals surface area contributed by atoms with Crippen LogP contribution in [0.5, 0.6) is 5.75 Å². The maximum absolute atomic E-state index is 10.8. The summed E-state index contributed by atoms with van der Waals surface area (Å²) in [5.41, 5.74) is 1.81. The fraction of sp³-hybridized carbons (Fsp3) is 0.333. The van der Waals surface area contributed by atoms with Crippen molar-refractivity contribution in [2.75, 3.05) is 0 Å².